The van der Waals surface area contributed by atoms with E-state index in [1.165, 1.54) is 38.5 Å². The van der Waals surface area contributed by atoms with Gasteiger partial charge in [-0.25, -0.2) is 9.97 Å². The van der Waals surface area contributed by atoms with E-state index < -0.39 is 23.4 Å². The zero-order valence-corrected chi connectivity index (χ0v) is 21.1. The average molecular weight is 549 g/mol. The number of aliphatic hydroxyl groups is 1. The maximum atomic E-state index is 13.0. The van der Waals surface area contributed by atoms with Gasteiger partial charge in [0.25, 0.3) is 5.91 Å². The van der Waals surface area contributed by atoms with Crippen LogP contribution in [0.2, 0.25) is 5.02 Å². The first-order chi connectivity index (χ1) is 18.0. The van der Waals surface area contributed by atoms with E-state index in [2.05, 4.69) is 25.9 Å². The number of hydrogen-bond acceptors (Lipinski definition) is 7. The molecule has 0 aliphatic carbocycles. The number of fused-ring (bicyclic) bond motifs is 1. The highest BCUT2D eigenvalue weighted by Gasteiger charge is 2.30. The molecule has 0 aliphatic heterocycles. The van der Waals surface area contributed by atoms with E-state index in [4.69, 9.17) is 16.3 Å². The zero-order chi connectivity index (χ0) is 27.5. The molecule has 2 aromatic heterocycles. The molecular formula is C25H24ClF3N6O3. The molecule has 4 rings (SSSR count). The van der Waals surface area contributed by atoms with Gasteiger partial charge in [-0.05, 0) is 56.4 Å². The lowest BCUT2D eigenvalue weighted by molar-refractivity contribution is -0.140. The van der Waals surface area contributed by atoms with Gasteiger partial charge in [0.1, 0.15) is 23.3 Å². The van der Waals surface area contributed by atoms with E-state index in [-0.39, 0.29) is 23.1 Å². The van der Waals surface area contributed by atoms with Crippen LogP contribution >= 0.6 is 11.6 Å². The van der Waals surface area contributed by atoms with Crippen LogP contribution in [0, 0.1) is 0 Å². The first-order valence-electron chi connectivity index (χ1n) is 11.4. The van der Waals surface area contributed by atoms with Gasteiger partial charge in [0.15, 0.2) is 11.5 Å². The van der Waals surface area contributed by atoms with Crippen molar-refractivity contribution in [3.05, 3.63) is 71.6 Å². The summed E-state index contributed by atoms with van der Waals surface area (Å²) in [7, 11) is 1.48. The summed E-state index contributed by atoms with van der Waals surface area (Å²) in [4.78, 5) is 20.7. The number of carbonyl (C=O) groups excluding carboxylic acids is 1. The van der Waals surface area contributed by atoms with Gasteiger partial charge in [0.2, 0.25) is 0 Å². The highest BCUT2D eigenvalue weighted by molar-refractivity contribution is 6.32. The second-order valence-corrected chi connectivity index (χ2v) is 8.85. The summed E-state index contributed by atoms with van der Waals surface area (Å²) < 4.78 is 46.4. The first-order valence-corrected chi connectivity index (χ1v) is 11.8. The number of ether oxygens (including phenoxy) is 1. The van der Waals surface area contributed by atoms with E-state index in [0.29, 0.717) is 29.1 Å². The third-order valence-corrected chi connectivity index (χ3v) is 6.00. The number of amides is 1. The molecule has 4 aromatic rings. The largest absolute Gasteiger partial charge is 0.456 e. The maximum Gasteiger partial charge on any atom is 0.416 e. The van der Waals surface area contributed by atoms with Crippen LogP contribution in [0.25, 0.3) is 11.0 Å². The Hall–Kier alpha value is -3.87. The summed E-state index contributed by atoms with van der Waals surface area (Å²) in [6.07, 6.45) is -1.30. The minimum absolute atomic E-state index is 0.00101. The number of hydrogen-bond donors (Lipinski definition) is 4. The van der Waals surface area contributed by atoms with Crippen LogP contribution in [-0.2, 0) is 17.5 Å². The number of rotatable bonds is 9. The number of likely N-dealkylation sites (N-methyl/N-ethyl adjacent to an activating group) is 1. The van der Waals surface area contributed by atoms with E-state index in [9.17, 15) is 23.1 Å². The second kappa shape index (κ2) is 10.9. The van der Waals surface area contributed by atoms with Crippen molar-refractivity contribution in [3.8, 4) is 11.5 Å². The first kappa shape index (κ1) is 27.2. The van der Waals surface area contributed by atoms with Crippen LogP contribution in [0.3, 0.4) is 0 Å². The van der Waals surface area contributed by atoms with Crippen LogP contribution in [0.4, 0.5) is 24.7 Å². The van der Waals surface area contributed by atoms with E-state index in [1.54, 1.807) is 24.4 Å². The highest BCUT2D eigenvalue weighted by Crippen LogP contribution is 2.36. The van der Waals surface area contributed by atoms with Gasteiger partial charge >= 0.3 is 6.18 Å². The van der Waals surface area contributed by atoms with Crippen molar-refractivity contribution in [2.24, 2.45) is 0 Å². The Bertz CT molecular complexity index is 1460. The molecule has 0 bridgehead atoms. The molecule has 0 aliphatic rings. The SMILES string of the molecule is CNC(C)(O)C(=O)NCCn1ccc2ncnc(Nc3ccc(Oc4cccc(C(F)(F)F)c4)c(Cl)c3)c21. The van der Waals surface area contributed by atoms with Crippen LogP contribution in [0.1, 0.15) is 12.5 Å². The van der Waals surface area contributed by atoms with Crippen LogP contribution < -0.4 is 20.7 Å². The van der Waals surface area contributed by atoms with Crippen molar-refractivity contribution >= 4 is 40.0 Å². The fraction of sp³-hybridized carbons (Fsp3) is 0.240. The number of halogens is 4. The third kappa shape index (κ3) is 6.15. The number of aromatic nitrogens is 3. The fourth-order valence-electron chi connectivity index (χ4n) is 3.55. The van der Waals surface area contributed by atoms with Gasteiger partial charge in [0.05, 0.1) is 16.1 Å². The Labute approximate surface area is 220 Å². The molecule has 13 heteroatoms. The average Bonchev–Trinajstić information content (AvgIpc) is 3.29. The number of anilines is 2. The molecule has 0 fully saturated rings. The van der Waals surface area contributed by atoms with E-state index in [0.717, 1.165) is 12.1 Å². The van der Waals surface area contributed by atoms with Crippen molar-refractivity contribution < 1.29 is 27.8 Å². The molecule has 9 nitrogen and oxygen atoms in total. The molecule has 2 heterocycles. The van der Waals surface area contributed by atoms with Crippen LogP contribution in [0.5, 0.6) is 11.5 Å². The molecule has 1 atom stereocenters. The Morgan fingerprint density at radius 2 is 1.95 bits per heavy atom. The van der Waals surface area contributed by atoms with Gasteiger partial charge < -0.3 is 25.0 Å². The third-order valence-electron chi connectivity index (χ3n) is 5.70. The minimum Gasteiger partial charge on any atom is -0.456 e. The number of carbonyl (C=O) groups is 1. The molecule has 0 saturated heterocycles. The monoisotopic (exact) mass is 548 g/mol. The maximum absolute atomic E-state index is 13.0. The van der Waals surface area contributed by atoms with Gasteiger partial charge in [0, 0.05) is 25.0 Å². The number of benzene rings is 2. The number of nitrogens with zero attached hydrogens (tertiary/aromatic N) is 3. The quantitative estimate of drug-likeness (QED) is 0.225. The van der Waals surface area contributed by atoms with E-state index in [1.807, 2.05) is 4.57 Å². The Morgan fingerprint density at radius 3 is 2.66 bits per heavy atom. The van der Waals surface area contributed by atoms with Crippen molar-refractivity contribution in [1.29, 1.82) is 0 Å². The summed E-state index contributed by atoms with van der Waals surface area (Å²) >= 11 is 6.36. The highest BCUT2D eigenvalue weighted by atomic mass is 35.5. The van der Waals surface area contributed by atoms with Crippen molar-refractivity contribution in [1.82, 2.24) is 25.2 Å². The number of nitrogens with one attached hydrogen (secondary N) is 3. The summed E-state index contributed by atoms with van der Waals surface area (Å²) in [6, 6.07) is 11.1. The normalized spacial score (nSPS) is 13.2. The van der Waals surface area contributed by atoms with Gasteiger partial charge in [-0.15, -0.1) is 0 Å². The predicted molar refractivity (Wildman–Crippen MR) is 136 cm³/mol. The summed E-state index contributed by atoms with van der Waals surface area (Å²) in [5.74, 6) is 0.0892. The molecule has 0 spiro atoms. The van der Waals surface area contributed by atoms with Gasteiger partial charge in [-0.2, -0.15) is 13.2 Å². The molecule has 200 valence electrons. The molecule has 1 unspecified atom stereocenters. The second-order valence-electron chi connectivity index (χ2n) is 8.44. The topological polar surface area (TPSA) is 113 Å². The van der Waals surface area contributed by atoms with Crippen LogP contribution in [-0.4, -0.2) is 44.9 Å². The molecule has 2 aromatic carbocycles. The summed E-state index contributed by atoms with van der Waals surface area (Å²) in [5.41, 5.74) is -0.635. The van der Waals surface area contributed by atoms with Crippen molar-refractivity contribution in [2.45, 2.75) is 25.4 Å². The van der Waals surface area contributed by atoms with Gasteiger partial charge in [-0.3, -0.25) is 10.1 Å². The molecule has 0 radical (unpaired) electrons. The molecule has 4 N–H and O–H groups in total. The Kier molecular flexibility index (Phi) is 7.76. The Balaban J connectivity index is 1.50. The molecular weight excluding hydrogens is 525 g/mol. The predicted octanol–water partition coefficient (Wildman–Crippen LogP) is 4.68. The van der Waals surface area contributed by atoms with Crippen molar-refractivity contribution in [3.63, 3.8) is 0 Å². The molecule has 38 heavy (non-hydrogen) atoms. The molecule has 1 amide bonds. The fourth-order valence-corrected chi connectivity index (χ4v) is 3.77. The van der Waals surface area contributed by atoms with E-state index >= 15 is 0 Å². The summed E-state index contributed by atoms with van der Waals surface area (Å²) in [5, 5.41) is 18.5. The lowest BCUT2D eigenvalue weighted by atomic mass is 10.2. The summed E-state index contributed by atoms with van der Waals surface area (Å²) in [6.45, 7) is 1.97. The lowest BCUT2D eigenvalue weighted by Crippen LogP contribution is -2.53. The molecule has 0 saturated carbocycles. The zero-order valence-electron chi connectivity index (χ0n) is 20.3. The lowest BCUT2D eigenvalue weighted by Gasteiger charge is -2.21. The Morgan fingerprint density at radius 1 is 1.16 bits per heavy atom. The minimum atomic E-state index is -4.49. The number of alkyl halides is 3. The van der Waals surface area contributed by atoms with Crippen molar-refractivity contribution in [2.75, 3.05) is 18.9 Å². The smallest absolute Gasteiger partial charge is 0.416 e. The van der Waals surface area contributed by atoms with Gasteiger partial charge in [-0.1, -0.05) is 17.7 Å². The standard InChI is InChI=1S/C25H24ClF3N6O3/c1-24(37,30-2)23(36)31-9-11-35-10-8-19-21(35)22(33-14-32-19)34-16-6-7-20(18(26)13-16)38-17-5-3-4-15(12-17)25(27,28)29/h3-8,10,12-14,30,37H,9,11H2,1-2H3,(H,31,36)(H,32,33,34). The van der Waals surface area contributed by atoms with Crippen LogP contribution in [0.15, 0.2) is 61.1 Å².